The minimum atomic E-state index is -0.0185. The van der Waals surface area contributed by atoms with Gasteiger partial charge in [0, 0.05) is 22.5 Å². The van der Waals surface area contributed by atoms with Crippen molar-refractivity contribution in [2.75, 3.05) is 11.5 Å². The van der Waals surface area contributed by atoms with Crippen LogP contribution in [0.3, 0.4) is 0 Å². The summed E-state index contributed by atoms with van der Waals surface area (Å²) in [5.41, 5.74) is 7.35. The van der Waals surface area contributed by atoms with Gasteiger partial charge in [0.15, 0.2) is 0 Å². The quantitative estimate of drug-likeness (QED) is 0.847. The van der Waals surface area contributed by atoms with E-state index < -0.39 is 0 Å². The maximum absolute atomic E-state index is 12.5. The zero-order valence-corrected chi connectivity index (χ0v) is 13.7. The SMILES string of the molecule is CCCc1cc(C(=O)NC2CCCC2SCC)cc(N)n1. The Morgan fingerprint density at radius 1 is 1.43 bits per heavy atom. The number of carbonyl (C=O) groups excluding carboxylic acids is 1. The Labute approximate surface area is 131 Å². The molecule has 0 spiro atoms. The van der Waals surface area contributed by atoms with Crippen LogP contribution in [0.2, 0.25) is 0 Å². The van der Waals surface area contributed by atoms with E-state index in [1.807, 2.05) is 17.8 Å². The van der Waals surface area contributed by atoms with Gasteiger partial charge < -0.3 is 11.1 Å². The van der Waals surface area contributed by atoms with Gasteiger partial charge in [-0.25, -0.2) is 4.98 Å². The van der Waals surface area contributed by atoms with Crippen molar-refractivity contribution in [3.63, 3.8) is 0 Å². The normalized spacial score (nSPS) is 21.4. The van der Waals surface area contributed by atoms with Gasteiger partial charge >= 0.3 is 0 Å². The molecule has 4 nitrogen and oxygen atoms in total. The summed E-state index contributed by atoms with van der Waals surface area (Å²) in [6.07, 6.45) is 5.31. The molecule has 1 amide bonds. The minimum absolute atomic E-state index is 0.0185. The molecule has 2 unspecified atom stereocenters. The van der Waals surface area contributed by atoms with Crippen LogP contribution >= 0.6 is 11.8 Å². The van der Waals surface area contributed by atoms with Crippen molar-refractivity contribution < 1.29 is 4.79 Å². The van der Waals surface area contributed by atoms with E-state index in [1.165, 1.54) is 12.8 Å². The van der Waals surface area contributed by atoms with Crippen LogP contribution in [0.15, 0.2) is 12.1 Å². The largest absolute Gasteiger partial charge is 0.384 e. The van der Waals surface area contributed by atoms with Crippen molar-refractivity contribution in [3.8, 4) is 0 Å². The summed E-state index contributed by atoms with van der Waals surface area (Å²) in [5.74, 6) is 1.51. The summed E-state index contributed by atoms with van der Waals surface area (Å²) in [5, 5.41) is 3.73. The second kappa shape index (κ2) is 7.69. The number of rotatable bonds is 6. The van der Waals surface area contributed by atoms with Gasteiger partial charge in [0.25, 0.3) is 5.91 Å². The molecule has 1 aromatic heterocycles. The Morgan fingerprint density at radius 2 is 2.24 bits per heavy atom. The highest BCUT2D eigenvalue weighted by molar-refractivity contribution is 7.99. The van der Waals surface area contributed by atoms with E-state index in [4.69, 9.17) is 5.73 Å². The zero-order valence-electron chi connectivity index (χ0n) is 12.9. The number of carbonyl (C=O) groups is 1. The van der Waals surface area contributed by atoms with Crippen LogP contribution in [-0.2, 0) is 6.42 Å². The number of anilines is 1. The van der Waals surface area contributed by atoms with Crippen molar-refractivity contribution in [1.29, 1.82) is 0 Å². The fourth-order valence-electron chi connectivity index (χ4n) is 2.88. The maximum atomic E-state index is 12.5. The summed E-state index contributed by atoms with van der Waals surface area (Å²) < 4.78 is 0. The van der Waals surface area contributed by atoms with Crippen molar-refractivity contribution in [1.82, 2.24) is 10.3 Å². The summed E-state index contributed by atoms with van der Waals surface area (Å²) in [7, 11) is 0. The number of aryl methyl sites for hydroxylation is 1. The monoisotopic (exact) mass is 307 g/mol. The van der Waals surface area contributed by atoms with Gasteiger partial charge in [0.2, 0.25) is 0 Å². The van der Waals surface area contributed by atoms with Crippen molar-refractivity contribution >= 4 is 23.5 Å². The van der Waals surface area contributed by atoms with E-state index in [2.05, 4.69) is 24.1 Å². The van der Waals surface area contributed by atoms with Crippen LogP contribution < -0.4 is 11.1 Å². The first-order valence-electron chi connectivity index (χ1n) is 7.83. The molecular weight excluding hydrogens is 282 g/mol. The van der Waals surface area contributed by atoms with Gasteiger partial charge in [-0.15, -0.1) is 0 Å². The third-order valence-electron chi connectivity index (χ3n) is 3.82. The molecule has 0 saturated heterocycles. The summed E-state index contributed by atoms with van der Waals surface area (Å²) in [6.45, 7) is 4.26. The topological polar surface area (TPSA) is 68.0 Å². The second-order valence-corrected chi connectivity index (χ2v) is 7.04. The molecule has 1 saturated carbocycles. The zero-order chi connectivity index (χ0) is 15.2. The highest BCUT2D eigenvalue weighted by atomic mass is 32.2. The first-order chi connectivity index (χ1) is 10.1. The lowest BCUT2D eigenvalue weighted by Gasteiger charge is -2.20. The molecule has 2 rings (SSSR count). The number of nitrogens with zero attached hydrogens (tertiary/aromatic N) is 1. The third kappa shape index (κ3) is 4.37. The number of nitrogens with two attached hydrogens (primary N) is 1. The van der Waals surface area contributed by atoms with E-state index in [1.54, 1.807) is 6.07 Å². The molecule has 3 N–H and O–H groups in total. The number of hydrogen-bond acceptors (Lipinski definition) is 4. The summed E-state index contributed by atoms with van der Waals surface area (Å²) in [4.78, 5) is 16.7. The summed E-state index contributed by atoms with van der Waals surface area (Å²) >= 11 is 1.95. The van der Waals surface area contributed by atoms with E-state index in [0.717, 1.165) is 30.7 Å². The third-order valence-corrected chi connectivity index (χ3v) is 5.14. The van der Waals surface area contributed by atoms with Crippen LogP contribution in [0.5, 0.6) is 0 Å². The van der Waals surface area contributed by atoms with E-state index in [9.17, 15) is 4.79 Å². The lowest BCUT2D eigenvalue weighted by atomic mass is 10.1. The number of nitrogen functional groups attached to an aromatic ring is 1. The molecule has 21 heavy (non-hydrogen) atoms. The maximum Gasteiger partial charge on any atom is 0.251 e. The number of nitrogens with one attached hydrogen (secondary N) is 1. The fourth-order valence-corrected chi connectivity index (χ4v) is 4.08. The van der Waals surface area contributed by atoms with Crippen molar-refractivity contribution in [2.45, 2.75) is 57.2 Å². The first kappa shape index (κ1) is 16.1. The molecule has 2 atom stereocenters. The first-order valence-corrected chi connectivity index (χ1v) is 8.87. The molecule has 1 heterocycles. The Bertz CT molecular complexity index is 492. The van der Waals surface area contributed by atoms with Crippen LogP contribution in [0, 0.1) is 0 Å². The molecule has 0 aromatic carbocycles. The Kier molecular flexibility index (Phi) is 5.91. The lowest BCUT2D eigenvalue weighted by molar-refractivity contribution is 0.0938. The standard InChI is InChI=1S/C16H25N3OS/c1-3-6-12-9-11(10-15(17)18-12)16(20)19-13-7-5-8-14(13)21-4-2/h9-10,13-14H,3-8H2,1-2H3,(H2,17,18)(H,19,20). The van der Waals surface area contributed by atoms with Crippen LogP contribution in [-0.4, -0.2) is 27.9 Å². The van der Waals surface area contributed by atoms with E-state index in [-0.39, 0.29) is 11.9 Å². The number of thioether (sulfide) groups is 1. The molecular formula is C16H25N3OS. The average Bonchev–Trinajstić information content (AvgIpc) is 2.86. The molecule has 1 aliphatic carbocycles. The average molecular weight is 307 g/mol. The molecule has 0 bridgehead atoms. The highest BCUT2D eigenvalue weighted by Gasteiger charge is 2.28. The van der Waals surface area contributed by atoms with E-state index in [0.29, 0.717) is 16.6 Å². The smallest absolute Gasteiger partial charge is 0.251 e. The molecule has 0 radical (unpaired) electrons. The summed E-state index contributed by atoms with van der Waals surface area (Å²) in [6, 6.07) is 3.82. The molecule has 1 aromatic rings. The second-order valence-electron chi connectivity index (χ2n) is 5.53. The number of pyridine rings is 1. The number of hydrogen-bond donors (Lipinski definition) is 2. The molecule has 1 aliphatic rings. The van der Waals surface area contributed by atoms with Gasteiger partial charge in [0.1, 0.15) is 5.82 Å². The van der Waals surface area contributed by atoms with Crippen molar-refractivity contribution in [2.24, 2.45) is 0 Å². The van der Waals surface area contributed by atoms with Crippen LogP contribution in [0.4, 0.5) is 5.82 Å². The molecule has 116 valence electrons. The predicted octanol–water partition coefficient (Wildman–Crippen LogP) is 3.02. The molecule has 5 heteroatoms. The van der Waals surface area contributed by atoms with Gasteiger partial charge in [-0.05, 0) is 37.1 Å². The van der Waals surface area contributed by atoms with E-state index >= 15 is 0 Å². The highest BCUT2D eigenvalue weighted by Crippen LogP contribution is 2.30. The number of aromatic nitrogens is 1. The predicted molar refractivity (Wildman–Crippen MR) is 89.7 cm³/mol. The fraction of sp³-hybridized carbons (Fsp3) is 0.625. The Morgan fingerprint density at radius 3 is 2.95 bits per heavy atom. The van der Waals surface area contributed by atoms with Crippen molar-refractivity contribution in [3.05, 3.63) is 23.4 Å². The van der Waals surface area contributed by atoms with Gasteiger partial charge in [-0.1, -0.05) is 26.7 Å². The Hall–Kier alpha value is -1.23. The lowest BCUT2D eigenvalue weighted by Crippen LogP contribution is -2.38. The molecule has 1 fully saturated rings. The van der Waals surface area contributed by atoms with Gasteiger partial charge in [-0.2, -0.15) is 11.8 Å². The van der Waals surface area contributed by atoms with Gasteiger partial charge in [-0.3, -0.25) is 4.79 Å². The van der Waals surface area contributed by atoms with Gasteiger partial charge in [0.05, 0.1) is 0 Å². The molecule has 0 aliphatic heterocycles. The van der Waals surface area contributed by atoms with Crippen LogP contribution in [0.25, 0.3) is 0 Å². The van der Waals surface area contributed by atoms with Crippen LogP contribution in [0.1, 0.15) is 55.6 Å². The number of amides is 1. The Balaban J connectivity index is 2.05. The minimum Gasteiger partial charge on any atom is -0.384 e.